The second-order valence-electron chi connectivity index (χ2n) is 5.82. The third kappa shape index (κ3) is 3.03. The molecule has 0 bridgehead atoms. The van der Waals surface area contributed by atoms with Crippen LogP contribution in [0.2, 0.25) is 0 Å². The Balaban J connectivity index is 1.45. The fourth-order valence-corrected chi connectivity index (χ4v) is 3.44. The molecule has 1 N–H and O–H groups in total. The molecule has 0 radical (unpaired) electrons. The van der Waals surface area contributed by atoms with Crippen LogP contribution in [-0.4, -0.2) is 20.0 Å². The van der Waals surface area contributed by atoms with Gasteiger partial charge in [-0.3, -0.25) is 0 Å². The highest BCUT2D eigenvalue weighted by molar-refractivity contribution is 9.10. The minimum atomic E-state index is 0.185. The number of ether oxygens (including phenoxy) is 4. The monoisotopic (exact) mass is 391 g/mol. The second kappa shape index (κ2) is 6.53. The highest BCUT2D eigenvalue weighted by atomic mass is 79.9. The Bertz CT molecular complexity index is 765. The Kier molecular flexibility index (Phi) is 4.24. The van der Waals surface area contributed by atoms with Gasteiger partial charge in [0.25, 0.3) is 0 Å². The third-order valence-electron chi connectivity index (χ3n) is 4.17. The molecular formula is C18H18BrNO4. The van der Waals surface area contributed by atoms with Crippen molar-refractivity contribution in [1.82, 2.24) is 5.32 Å². The molecule has 0 saturated heterocycles. The number of hydrogen-bond donors (Lipinski definition) is 1. The van der Waals surface area contributed by atoms with Crippen LogP contribution >= 0.6 is 15.9 Å². The van der Waals surface area contributed by atoms with Crippen molar-refractivity contribution in [2.24, 2.45) is 0 Å². The van der Waals surface area contributed by atoms with Crippen LogP contribution in [0.1, 0.15) is 24.1 Å². The normalized spacial score (nSPS) is 16.1. The van der Waals surface area contributed by atoms with Gasteiger partial charge in [0, 0.05) is 12.6 Å². The van der Waals surface area contributed by atoms with E-state index in [-0.39, 0.29) is 12.8 Å². The summed E-state index contributed by atoms with van der Waals surface area (Å²) in [6.45, 7) is 4.35. The average molecular weight is 392 g/mol. The number of benzene rings is 2. The van der Waals surface area contributed by atoms with Gasteiger partial charge in [-0.25, -0.2) is 0 Å². The van der Waals surface area contributed by atoms with Gasteiger partial charge in [-0.2, -0.15) is 0 Å². The third-order valence-corrected chi connectivity index (χ3v) is 4.75. The lowest BCUT2D eigenvalue weighted by molar-refractivity contribution is 0.171. The molecule has 0 unspecified atom stereocenters. The van der Waals surface area contributed by atoms with Crippen molar-refractivity contribution >= 4 is 15.9 Å². The van der Waals surface area contributed by atoms with Gasteiger partial charge in [-0.15, -0.1) is 0 Å². The van der Waals surface area contributed by atoms with Gasteiger partial charge in [-0.05, 0) is 58.2 Å². The lowest BCUT2D eigenvalue weighted by Gasteiger charge is -2.21. The summed E-state index contributed by atoms with van der Waals surface area (Å²) in [7, 11) is 0. The van der Waals surface area contributed by atoms with E-state index < -0.39 is 0 Å². The molecule has 126 valence electrons. The van der Waals surface area contributed by atoms with Crippen LogP contribution < -0.4 is 24.3 Å². The zero-order valence-electron chi connectivity index (χ0n) is 13.3. The maximum Gasteiger partial charge on any atom is 0.231 e. The molecule has 24 heavy (non-hydrogen) atoms. The minimum absolute atomic E-state index is 0.185. The average Bonchev–Trinajstić information content (AvgIpc) is 3.08. The van der Waals surface area contributed by atoms with Gasteiger partial charge in [0.2, 0.25) is 6.79 Å². The van der Waals surface area contributed by atoms with Crippen molar-refractivity contribution in [3.05, 3.63) is 45.9 Å². The van der Waals surface area contributed by atoms with Crippen LogP contribution in [0.15, 0.2) is 34.8 Å². The zero-order valence-corrected chi connectivity index (χ0v) is 14.9. The summed E-state index contributed by atoms with van der Waals surface area (Å²) in [6, 6.07) is 10.3. The maximum absolute atomic E-state index is 5.65. The summed E-state index contributed by atoms with van der Waals surface area (Å²) in [5.41, 5.74) is 2.30. The van der Waals surface area contributed by atoms with E-state index in [0.717, 1.165) is 39.6 Å². The Morgan fingerprint density at radius 1 is 1.00 bits per heavy atom. The van der Waals surface area contributed by atoms with E-state index in [1.807, 2.05) is 18.2 Å². The Morgan fingerprint density at radius 2 is 1.83 bits per heavy atom. The highest BCUT2D eigenvalue weighted by Gasteiger charge is 2.18. The Hall–Kier alpha value is -1.92. The van der Waals surface area contributed by atoms with Crippen LogP contribution in [0.25, 0.3) is 0 Å². The molecule has 2 aromatic carbocycles. The van der Waals surface area contributed by atoms with Gasteiger partial charge in [0.05, 0.1) is 4.47 Å². The van der Waals surface area contributed by atoms with Crippen molar-refractivity contribution in [1.29, 1.82) is 0 Å². The quantitative estimate of drug-likeness (QED) is 0.858. The van der Waals surface area contributed by atoms with Crippen molar-refractivity contribution in [3.63, 3.8) is 0 Å². The molecule has 2 aliphatic heterocycles. The number of nitrogens with one attached hydrogen (secondary N) is 1. The van der Waals surface area contributed by atoms with Crippen LogP contribution in [-0.2, 0) is 6.54 Å². The SMILES string of the molecule is C[C@H](NCc1cc(Br)c2c(c1)OCO2)c1ccc2c(c1)OCCO2. The van der Waals surface area contributed by atoms with Crippen LogP contribution in [0, 0.1) is 0 Å². The fraction of sp³-hybridized carbons (Fsp3) is 0.333. The smallest absolute Gasteiger partial charge is 0.231 e. The molecule has 2 aliphatic rings. The number of rotatable bonds is 4. The lowest BCUT2D eigenvalue weighted by atomic mass is 10.1. The molecule has 0 saturated carbocycles. The van der Waals surface area contributed by atoms with Gasteiger partial charge < -0.3 is 24.3 Å². The molecule has 5 nitrogen and oxygen atoms in total. The van der Waals surface area contributed by atoms with Gasteiger partial charge in [0.1, 0.15) is 13.2 Å². The van der Waals surface area contributed by atoms with E-state index in [4.69, 9.17) is 18.9 Å². The summed E-state index contributed by atoms with van der Waals surface area (Å²) in [6.07, 6.45) is 0. The van der Waals surface area contributed by atoms with Gasteiger partial charge in [-0.1, -0.05) is 6.07 Å². The largest absolute Gasteiger partial charge is 0.486 e. The first-order valence-corrected chi connectivity index (χ1v) is 8.71. The molecule has 0 spiro atoms. The molecule has 2 aromatic rings. The summed E-state index contributed by atoms with van der Waals surface area (Å²) >= 11 is 3.53. The maximum atomic E-state index is 5.65. The second-order valence-corrected chi connectivity index (χ2v) is 6.67. The van der Waals surface area contributed by atoms with Crippen molar-refractivity contribution in [2.75, 3.05) is 20.0 Å². The molecule has 0 amide bonds. The fourth-order valence-electron chi connectivity index (χ4n) is 2.84. The summed E-state index contributed by atoms with van der Waals surface area (Å²) in [5, 5.41) is 3.53. The van der Waals surface area contributed by atoms with Crippen LogP contribution in [0.3, 0.4) is 0 Å². The van der Waals surface area contributed by atoms with E-state index in [2.05, 4.69) is 40.3 Å². The summed E-state index contributed by atoms with van der Waals surface area (Å²) < 4.78 is 23.0. The summed E-state index contributed by atoms with van der Waals surface area (Å²) in [5.74, 6) is 3.20. The van der Waals surface area contributed by atoms with E-state index in [1.54, 1.807) is 0 Å². The predicted octanol–water partition coefficient (Wildman–Crippen LogP) is 3.80. The minimum Gasteiger partial charge on any atom is -0.486 e. The molecule has 2 heterocycles. The highest BCUT2D eigenvalue weighted by Crippen LogP contribution is 2.40. The van der Waals surface area contributed by atoms with Gasteiger partial charge in [0.15, 0.2) is 23.0 Å². The first kappa shape index (κ1) is 15.6. The zero-order chi connectivity index (χ0) is 16.5. The number of hydrogen-bond acceptors (Lipinski definition) is 5. The standard InChI is InChI=1S/C18H18BrNO4/c1-11(13-2-3-15-16(8-13)22-5-4-21-15)20-9-12-6-14(19)18-17(7-12)23-10-24-18/h2-3,6-8,11,20H,4-5,9-10H2,1H3/t11-/m0/s1. The lowest BCUT2D eigenvalue weighted by Crippen LogP contribution is -2.19. The molecule has 1 atom stereocenters. The van der Waals surface area contributed by atoms with E-state index in [9.17, 15) is 0 Å². The molecule has 6 heteroatoms. The number of halogens is 1. The molecule has 0 aromatic heterocycles. The first-order valence-electron chi connectivity index (χ1n) is 7.91. The van der Waals surface area contributed by atoms with Crippen molar-refractivity contribution in [2.45, 2.75) is 19.5 Å². The van der Waals surface area contributed by atoms with Gasteiger partial charge >= 0.3 is 0 Å². The molecule has 4 rings (SSSR count). The number of fused-ring (bicyclic) bond motifs is 2. The Morgan fingerprint density at radius 3 is 2.71 bits per heavy atom. The van der Waals surface area contributed by atoms with Crippen molar-refractivity contribution < 1.29 is 18.9 Å². The predicted molar refractivity (Wildman–Crippen MR) is 93.0 cm³/mol. The molecule has 0 fully saturated rings. The van der Waals surface area contributed by atoms with E-state index >= 15 is 0 Å². The Labute approximate surface area is 149 Å². The van der Waals surface area contributed by atoms with Crippen LogP contribution in [0.4, 0.5) is 0 Å². The van der Waals surface area contributed by atoms with E-state index in [0.29, 0.717) is 13.2 Å². The molecular weight excluding hydrogens is 374 g/mol. The topological polar surface area (TPSA) is 49.0 Å². The summed E-state index contributed by atoms with van der Waals surface area (Å²) in [4.78, 5) is 0. The first-order chi connectivity index (χ1) is 11.7. The molecule has 0 aliphatic carbocycles. The van der Waals surface area contributed by atoms with Crippen molar-refractivity contribution in [3.8, 4) is 23.0 Å². The van der Waals surface area contributed by atoms with E-state index in [1.165, 1.54) is 5.56 Å². The van der Waals surface area contributed by atoms with Crippen LogP contribution in [0.5, 0.6) is 23.0 Å².